The minimum absolute atomic E-state index is 0.0149. The fourth-order valence-electron chi connectivity index (χ4n) is 2.33. The van der Waals surface area contributed by atoms with Crippen molar-refractivity contribution in [2.45, 2.75) is 31.1 Å². The number of nitrogens with one attached hydrogen (secondary N) is 1. The van der Waals surface area contributed by atoms with Gasteiger partial charge in [0.2, 0.25) is 6.23 Å². The fourth-order valence-corrected chi connectivity index (χ4v) is 2.33. The Labute approximate surface area is 126 Å². The van der Waals surface area contributed by atoms with Crippen LogP contribution in [0.25, 0.3) is 0 Å². The van der Waals surface area contributed by atoms with Gasteiger partial charge in [0, 0.05) is 32.9 Å². The predicted octanol–water partition coefficient (Wildman–Crippen LogP) is 0.374. The monoisotopic (exact) mass is 318 g/mol. The van der Waals surface area contributed by atoms with E-state index in [9.17, 15) is 13.6 Å². The van der Waals surface area contributed by atoms with Crippen molar-refractivity contribution in [1.29, 1.82) is 0 Å². The van der Waals surface area contributed by atoms with Crippen LogP contribution in [-0.4, -0.2) is 48.4 Å². The first-order valence-electron chi connectivity index (χ1n) is 7.01. The second-order valence-corrected chi connectivity index (χ2v) is 5.17. The van der Waals surface area contributed by atoms with E-state index >= 15 is 0 Å². The van der Waals surface area contributed by atoms with Gasteiger partial charge in [-0.1, -0.05) is 0 Å². The number of nitrogen functional groups attached to an aromatic ring is 1. The number of methoxy groups -OCH3 is 1. The summed E-state index contributed by atoms with van der Waals surface area (Å²) in [5, 5.41) is 3.03. The molecule has 2 heterocycles. The third kappa shape index (κ3) is 3.99. The molecule has 1 aromatic heterocycles. The maximum absolute atomic E-state index is 14.1. The molecule has 0 amide bonds. The van der Waals surface area contributed by atoms with Gasteiger partial charge in [-0.3, -0.25) is 4.57 Å². The summed E-state index contributed by atoms with van der Waals surface area (Å²) >= 11 is 0. The molecule has 0 spiro atoms. The number of nitrogens with zero attached hydrogens (tertiary/aromatic N) is 2. The minimum Gasteiger partial charge on any atom is -0.385 e. The molecule has 124 valence electrons. The van der Waals surface area contributed by atoms with Gasteiger partial charge >= 0.3 is 5.69 Å². The summed E-state index contributed by atoms with van der Waals surface area (Å²) in [6.45, 7) is 1.53. The lowest BCUT2D eigenvalue weighted by Gasteiger charge is -2.19. The molecule has 0 aliphatic carbocycles. The molecule has 0 unspecified atom stereocenters. The third-order valence-corrected chi connectivity index (χ3v) is 3.36. The Bertz CT molecular complexity index is 552. The smallest absolute Gasteiger partial charge is 0.351 e. The first kappa shape index (κ1) is 16.8. The lowest BCUT2D eigenvalue weighted by Crippen LogP contribution is -2.35. The molecule has 3 N–H and O–H groups in total. The number of hydrogen-bond donors (Lipinski definition) is 2. The molecule has 1 aromatic rings. The van der Waals surface area contributed by atoms with Gasteiger partial charge in [-0.25, -0.2) is 13.6 Å². The molecule has 0 saturated carbocycles. The zero-order valence-corrected chi connectivity index (χ0v) is 12.3. The van der Waals surface area contributed by atoms with E-state index in [1.807, 2.05) is 0 Å². The lowest BCUT2D eigenvalue weighted by molar-refractivity contribution is -0.116. The van der Waals surface area contributed by atoms with Crippen LogP contribution in [0.4, 0.5) is 14.6 Å². The summed E-state index contributed by atoms with van der Waals surface area (Å²) in [5.41, 5.74) is 4.51. The van der Waals surface area contributed by atoms with Crippen molar-refractivity contribution < 1.29 is 18.3 Å². The number of ether oxygens (including phenoxy) is 2. The van der Waals surface area contributed by atoms with Gasteiger partial charge < -0.3 is 20.5 Å². The van der Waals surface area contributed by atoms with Gasteiger partial charge in [-0.2, -0.15) is 4.98 Å². The van der Waals surface area contributed by atoms with Crippen LogP contribution in [0.5, 0.6) is 0 Å². The largest absolute Gasteiger partial charge is 0.385 e. The van der Waals surface area contributed by atoms with Crippen LogP contribution in [0.2, 0.25) is 0 Å². The average molecular weight is 318 g/mol. The average Bonchev–Trinajstić information content (AvgIpc) is 2.73. The summed E-state index contributed by atoms with van der Waals surface area (Å²) in [5.74, 6) is -3.15. The molecule has 0 aromatic carbocycles. The maximum atomic E-state index is 14.1. The van der Waals surface area contributed by atoms with Crippen molar-refractivity contribution in [3.05, 3.63) is 22.7 Å². The highest BCUT2D eigenvalue weighted by atomic mass is 19.3. The minimum atomic E-state index is -3.14. The first-order chi connectivity index (χ1) is 10.4. The highest BCUT2D eigenvalue weighted by molar-refractivity contribution is 5.23. The molecule has 2 rings (SSSR count). The molecular formula is C13H20F2N4O3. The van der Waals surface area contributed by atoms with Crippen LogP contribution >= 0.6 is 0 Å². The summed E-state index contributed by atoms with van der Waals surface area (Å²) in [6.07, 6.45) is -0.820. The van der Waals surface area contributed by atoms with E-state index in [4.69, 9.17) is 15.2 Å². The molecule has 1 fully saturated rings. The second-order valence-electron chi connectivity index (χ2n) is 5.17. The number of hydrogen-bond acceptors (Lipinski definition) is 6. The van der Waals surface area contributed by atoms with Crippen LogP contribution in [-0.2, 0) is 9.47 Å². The summed E-state index contributed by atoms with van der Waals surface area (Å²) < 4.78 is 39.1. The van der Waals surface area contributed by atoms with Crippen molar-refractivity contribution in [2.24, 2.45) is 0 Å². The van der Waals surface area contributed by atoms with Crippen LogP contribution in [0.15, 0.2) is 17.1 Å². The van der Waals surface area contributed by atoms with E-state index < -0.39 is 30.4 Å². The van der Waals surface area contributed by atoms with Crippen LogP contribution in [0.3, 0.4) is 0 Å². The highest BCUT2D eigenvalue weighted by Crippen LogP contribution is 2.41. The SMILES string of the molecule is COCCCNC[C@@H]1CC(F)(F)[C@H](n2ccc(N)nc2=O)O1. The van der Waals surface area contributed by atoms with Gasteiger partial charge in [0.05, 0.1) is 6.10 Å². The zero-order valence-electron chi connectivity index (χ0n) is 12.3. The standard InChI is InChI=1S/C13H20F2N4O3/c1-21-6-2-4-17-8-9-7-13(14,15)11(22-9)19-5-3-10(16)18-12(19)20/h3,5,9,11,17H,2,4,6-8H2,1H3,(H2,16,18,20)/t9-,11+/m0/s1. The van der Waals surface area contributed by atoms with Gasteiger partial charge in [0.15, 0.2) is 0 Å². The lowest BCUT2D eigenvalue weighted by atomic mass is 10.2. The van der Waals surface area contributed by atoms with Crippen molar-refractivity contribution >= 4 is 5.82 Å². The zero-order chi connectivity index (χ0) is 16.2. The Hall–Kier alpha value is -1.58. The number of anilines is 1. The van der Waals surface area contributed by atoms with Gasteiger partial charge in [0.25, 0.3) is 5.92 Å². The normalized spacial score (nSPS) is 23.8. The molecule has 0 bridgehead atoms. The Morgan fingerprint density at radius 2 is 2.41 bits per heavy atom. The van der Waals surface area contributed by atoms with Crippen molar-refractivity contribution in [1.82, 2.24) is 14.9 Å². The quantitative estimate of drug-likeness (QED) is 0.706. The number of rotatable bonds is 7. The van der Waals surface area contributed by atoms with E-state index in [1.165, 1.54) is 12.3 Å². The summed E-state index contributed by atoms with van der Waals surface area (Å²) in [6, 6.07) is 1.29. The van der Waals surface area contributed by atoms with E-state index in [2.05, 4.69) is 10.3 Å². The second kappa shape index (κ2) is 7.12. The fraction of sp³-hybridized carbons (Fsp3) is 0.692. The summed E-state index contributed by atoms with van der Waals surface area (Å²) in [4.78, 5) is 15.1. The van der Waals surface area contributed by atoms with Crippen LogP contribution in [0.1, 0.15) is 19.1 Å². The predicted molar refractivity (Wildman–Crippen MR) is 75.7 cm³/mol. The third-order valence-electron chi connectivity index (χ3n) is 3.36. The molecule has 9 heteroatoms. The van der Waals surface area contributed by atoms with Gasteiger partial charge in [0.1, 0.15) is 5.82 Å². The van der Waals surface area contributed by atoms with Gasteiger partial charge in [-0.05, 0) is 19.0 Å². The van der Waals surface area contributed by atoms with Crippen molar-refractivity contribution in [2.75, 3.05) is 32.5 Å². The molecule has 1 aliphatic rings. The number of nitrogens with two attached hydrogens (primary N) is 1. The van der Waals surface area contributed by atoms with Gasteiger partial charge in [-0.15, -0.1) is 0 Å². The van der Waals surface area contributed by atoms with E-state index in [1.54, 1.807) is 7.11 Å². The number of alkyl halides is 2. The molecule has 1 aliphatic heterocycles. The molecule has 1 saturated heterocycles. The van der Waals surface area contributed by atoms with Crippen molar-refractivity contribution in [3.63, 3.8) is 0 Å². The maximum Gasteiger partial charge on any atom is 0.351 e. The molecule has 0 radical (unpaired) electrons. The summed E-state index contributed by atoms with van der Waals surface area (Å²) in [7, 11) is 1.60. The van der Waals surface area contributed by atoms with Crippen LogP contribution < -0.4 is 16.7 Å². The topological polar surface area (TPSA) is 91.4 Å². The molecular weight excluding hydrogens is 298 g/mol. The van der Waals surface area contributed by atoms with E-state index in [0.717, 1.165) is 11.0 Å². The van der Waals surface area contributed by atoms with Crippen LogP contribution in [0, 0.1) is 0 Å². The number of halogens is 2. The molecule has 2 atom stereocenters. The molecule has 7 nitrogen and oxygen atoms in total. The Kier molecular flexibility index (Phi) is 5.43. The van der Waals surface area contributed by atoms with E-state index in [-0.39, 0.29) is 12.4 Å². The highest BCUT2D eigenvalue weighted by Gasteiger charge is 2.51. The van der Waals surface area contributed by atoms with Crippen molar-refractivity contribution in [3.8, 4) is 0 Å². The molecule has 22 heavy (non-hydrogen) atoms. The Morgan fingerprint density at radius 3 is 3.09 bits per heavy atom. The van der Waals surface area contributed by atoms with E-state index in [0.29, 0.717) is 13.2 Å². The Morgan fingerprint density at radius 1 is 1.64 bits per heavy atom. The number of aromatic nitrogens is 2. The Balaban J connectivity index is 1.97. The first-order valence-corrected chi connectivity index (χ1v) is 7.01.